The lowest BCUT2D eigenvalue weighted by Gasteiger charge is -2.29. The van der Waals surface area contributed by atoms with Gasteiger partial charge in [-0.05, 0) is 51.4 Å². The van der Waals surface area contributed by atoms with Gasteiger partial charge in [-0.3, -0.25) is 4.99 Å². The first-order chi connectivity index (χ1) is 18.5. The Hall–Kier alpha value is -4.43. The van der Waals surface area contributed by atoms with Crippen LogP contribution in [0.5, 0.6) is 0 Å². The number of furan rings is 1. The van der Waals surface area contributed by atoms with Crippen molar-refractivity contribution < 1.29 is 4.42 Å². The SMILES string of the molecule is CC(C)(C)c1cccc(-c2ccccc2)c1C1C(c2cccc3c2oc2ccccc23)=Nc2ccccc21. The number of aliphatic imine (C=N–C) groups is 1. The molecule has 0 fully saturated rings. The standard InChI is InChI=1S/C36H29NO/c1-36(2,3)29-20-12-17-24(23-13-5-4-6-14-23)32(29)33-27-16-7-9-21-30(27)37-34(33)28-19-11-18-26-25-15-8-10-22-31(25)38-35(26)28/h4-22,33H,1-3H3. The molecular weight excluding hydrogens is 462 g/mol. The van der Waals surface area contributed by atoms with Crippen molar-refractivity contribution in [3.63, 3.8) is 0 Å². The van der Waals surface area contributed by atoms with Crippen LogP contribution in [-0.4, -0.2) is 5.71 Å². The Morgan fingerprint density at radius 3 is 2.16 bits per heavy atom. The second-order valence-electron chi connectivity index (χ2n) is 11.2. The fourth-order valence-electron chi connectivity index (χ4n) is 6.03. The average molecular weight is 492 g/mol. The van der Waals surface area contributed by atoms with Gasteiger partial charge in [0.1, 0.15) is 11.2 Å². The van der Waals surface area contributed by atoms with Crippen LogP contribution in [-0.2, 0) is 5.41 Å². The number of hydrogen-bond donors (Lipinski definition) is 0. The van der Waals surface area contributed by atoms with Gasteiger partial charge in [0.25, 0.3) is 0 Å². The molecule has 1 atom stereocenters. The third kappa shape index (κ3) is 3.52. The first-order valence-corrected chi connectivity index (χ1v) is 13.3. The molecular formula is C36H29NO. The van der Waals surface area contributed by atoms with Crippen molar-refractivity contribution in [3.05, 3.63) is 138 Å². The van der Waals surface area contributed by atoms with E-state index in [0.717, 1.165) is 38.9 Å². The molecule has 184 valence electrons. The van der Waals surface area contributed by atoms with E-state index >= 15 is 0 Å². The summed E-state index contributed by atoms with van der Waals surface area (Å²) in [5, 5.41) is 2.26. The zero-order valence-electron chi connectivity index (χ0n) is 21.9. The summed E-state index contributed by atoms with van der Waals surface area (Å²) in [6.45, 7) is 6.91. The fraction of sp³-hybridized carbons (Fsp3) is 0.139. The Labute approximate surface area is 223 Å². The Morgan fingerprint density at radius 1 is 0.632 bits per heavy atom. The Kier molecular flexibility index (Phi) is 5.13. The minimum absolute atomic E-state index is 0.0179. The monoisotopic (exact) mass is 491 g/mol. The summed E-state index contributed by atoms with van der Waals surface area (Å²) in [6.07, 6.45) is 0. The van der Waals surface area contributed by atoms with Crippen LogP contribution in [0.2, 0.25) is 0 Å². The normalized spacial score (nSPS) is 15.1. The third-order valence-electron chi connectivity index (χ3n) is 7.73. The van der Waals surface area contributed by atoms with Gasteiger partial charge < -0.3 is 4.42 Å². The molecule has 38 heavy (non-hydrogen) atoms. The van der Waals surface area contributed by atoms with E-state index in [1.165, 1.54) is 27.8 Å². The molecule has 0 radical (unpaired) electrons. The van der Waals surface area contributed by atoms with Crippen molar-refractivity contribution in [2.24, 2.45) is 4.99 Å². The maximum absolute atomic E-state index is 6.51. The lowest BCUT2D eigenvalue weighted by molar-refractivity contribution is 0.583. The summed E-state index contributed by atoms with van der Waals surface area (Å²) in [6, 6.07) is 40.8. The molecule has 2 heterocycles. The van der Waals surface area contributed by atoms with Crippen molar-refractivity contribution in [1.29, 1.82) is 0 Å². The highest BCUT2D eigenvalue weighted by molar-refractivity contribution is 6.20. The molecule has 2 heteroatoms. The van der Waals surface area contributed by atoms with Crippen LogP contribution in [0.1, 0.15) is 48.9 Å². The van der Waals surface area contributed by atoms with E-state index in [4.69, 9.17) is 9.41 Å². The molecule has 7 rings (SSSR count). The molecule has 1 aromatic heterocycles. The number of rotatable bonds is 3. The van der Waals surface area contributed by atoms with E-state index in [2.05, 4.69) is 124 Å². The van der Waals surface area contributed by atoms with Crippen molar-refractivity contribution in [2.45, 2.75) is 32.1 Å². The van der Waals surface area contributed by atoms with Gasteiger partial charge >= 0.3 is 0 Å². The molecule has 5 aromatic carbocycles. The summed E-state index contributed by atoms with van der Waals surface area (Å²) in [5.41, 5.74) is 11.3. The third-order valence-corrected chi connectivity index (χ3v) is 7.73. The second kappa shape index (κ2) is 8.56. The van der Waals surface area contributed by atoms with E-state index < -0.39 is 0 Å². The van der Waals surface area contributed by atoms with Crippen LogP contribution in [0.25, 0.3) is 33.1 Å². The predicted molar refractivity (Wildman–Crippen MR) is 159 cm³/mol. The fourth-order valence-corrected chi connectivity index (χ4v) is 6.03. The zero-order valence-corrected chi connectivity index (χ0v) is 21.9. The van der Waals surface area contributed by atoms with Crippen molar-refractivity contribution in [3.8, 4) is 11.1 Å². The number of benzene rings is 5. The summed E-state index contributed by atoms with van der Waals surface area (Å²) < 4.78 is 6.51. The minimum atomic E-state index is -0.0475. The maximum atomic E-state index is 6.51. The number of hydrogen-bond acceptors (Lipinski definition) is 2. The molecule has 1 aliphatic rings. The molecule has 6 aromatic rings. The van der Waals surface area contributed by atoms with Crippen molar-refractivity contribution in [2.75, 3.05) is 0 Å². The number of fused-ring (bicyclic) bond motifs is 4. The highest BCUT2D eigenvalue weighted by atomic mass is 16.3. The predicted octanol–water partition coefficient (Wildman–Crippen LogP) is 9.82. The summed E-state index contributed by atoms with van der Waals surface area (Å²) in [5.74, 6) is -0.0179. The van der Waals surface area contributed by atoms with Gasteiger partial charge in [-0.15, -0.1) is 0 Å². The molecule has 0 amide bonds. The topological polar surface area (TPSA) is 25.5 Å². The van der Waals surface area contributed by atoms with Crippen LogP contribution >= 0.6 is 0 Å². The molecule has 0 spiro atoms. The molecule has 0 aliphatic carbocycles. The van der Waals surface area contributed by atoms with Gasteiger partial charge in [-0.2, -0.15) is 0 Å². The Balaban J connectivity index is 1.55. The van der Waals surface area contributed by atoms with E-state index in [9.17, 15) is 0 Å². The summed E-state index contributed by atoms with van der Waals surface area (Å²) in [7, 11) is 0. The lowest BCUT2D eigenvalue weighted by Crippen LogP contribution is -2.21. The highest BCUT2D eigenvalue weighted by Gasteiger charge is 2.36. The molecule has 1 aliphatic heterocycles. The summed E-state index contributed by atoms with van der Waals surface area (Å²) >= 11 is 0. The van der Waals surface area contributed by atoms with Crippen LogP contribution in [0.4, 0.5) is 5.69 Å². The van der Waals surface area contributed by atoms with E-state index in [-0.39, 0.29) is 11.3 Å². The molecule has 0 N–H and O–H groups in total. The molecule has 0 bridgehead atoms. The maximum Gasteiger partial charge on any atom is 0.144 e. The van der Waals surface area contributed by atoms with Gasteiger partial charge in [-0.1, -0.05) is 118 Å². The Morgan fingerprint density at radius 2 is 1.32 bits per heavy atom. The van der Waals surface area contributed by atoms with Crippen LogP contribution in [0.15, 0.2) is 125 Å². The number of para-hydroxylation sites is 3. The van der Waals surface area contributed by atoms with E-state index in [1.807, 2.05) is 12.1 Å². The van der Waals surface area contributed by atoms with Crippen LogP contribution in [0.3, 0.4) is 0 Å². The molecule has 1 unspecified atom stereocenters. The first-order valence-electron chi connectivity index (χ1n) is 13.3. The minimum Gasteiger partial charge on any atom is -0.455 e. The molecule has 0 saturated heterocycles. The van der Waals surface area contributed by atoms with Crippen molar-refractivity contribution in [1.82, 2.24) is 0 Å². The Bertz CT molecular complexity index is 1850. The highest BCUT2D eigenvalue weighted by Crippen LogP contribution is 2.49. The van der Waals surface area contributed by atoms with Gasteiger partial charge in [-0.25, -0.2) is 0 Å². The van der Waals surface area contributed by atoms with Crippen LogP contribution in [0, 0.1) is 0 Å². The van der Waals surface area contributed by atoms with Crippen LogP contribution < -0.4 is 0 Å². The smallest absolute Gasteiger partial charge is 0.144 e. The van der Waals surface area contributed by atoms with Crippen molar-refractivity contribution >= 4 is 33.3 Å². The van der Waals surface area contributed by atoms with Gasteiger partial charge in [0.15, 0.2) is 0 Å². The van der Waals surface area contributed by atoms with E-state index in [1.54, 1.807) is 0 Å². The number of nitrogens with zero attached hydrogens (tertiary/aromatic N) is 1. The largest absolute Gasteiger partial charge is 0.455 e. The second-order valence-corrected chi connectivity index (χ2v) is 11.2. The lowest BCUT2D eigenvalue weighted by atomic mass is 9.73. The van der Waals surface area contributed by atoms with Gasteiger partial charge in [0.2, 0.25) is 0 Å². The van der Waals surface area contributed by atoms with Gasteiger partial charge in [0.05, 0.1) is 17.3 Å². The zero-order chi connectivity index (χ0) is 25.9. The average Bonchev–Trinajstić information content (AvgIpc) is 3.51. The van der Waals surface area contributed by atoms with E-state index in [0.29, 0.717) is 0 Å². The summed E-state index contributed by atoms with van der Waals surface area (Å²) in [4.78, 5) is 5.31. The quantitative estimate of drug-likeness (QED) is 0.242. The molecule has 0 saturated carbocycles. The van der Waals surface area contributed by atoms with Gasteiger partial charge in [0, 0.05) is 16.3 Å². The first kappa shape index (κ1) is 22.7. The molecule has 2 nitrogen and oxygen atoms in total.